The van der Waals surface area contributed by atoms with E-state index in [2.05, 4.69) is 35.5 Å². The molecule has 4 rings (SSSR count). The molecule has 0 atom stereocenters. The van der Waals surface area contributed by atoms with Gasteiger partial charge < -0.3 is 15.5 Å². The molecule has 7 nitrogen and oxygen atoms in total. The molecule has 3 heterocycles. The van der Waals surface area contributed by atoms with Crippen molar-refractivity contribution in [1.82, 2.24) is 25.3 Å². The summed E-state index contributed by atoms with van der Waals surface area (Å²) >= 11 is 13.0. The van der Waals surface area contributed by atoms with Gasteiger partial charge in [0.15, 0.2) is 10.3 Å². The van der Waals surface area contributed by atoms with Crippen LogP contribution in [0.5, 0.6) is 0 Å². The second kappa shape index (κ2) is 10.0. The summed E-state index contributed by atoms with van der Waals surface area (Å²) in [5, 5.41) is 8.77. The highest BCUT2D eigenvalue weighted by atomic mass is 35.5. The zero-order valence-electron chi connectivity index (χ0n) is 16.1. The van der Waals surface area contributed by atoms with Crippen molar-refractivity contribution >= 4 is 52.5 Å². The van der Waals surface area contributed by atoms with Crippen LogP contribution in [0.4, 0.5) is 11.8 Å². The van der Waals surface area contributed by atoms with E-state index in [1.807, 2.05) is 30.3 Å². The summed E-state index contributed by atoms with van der Waals surface area (Å²) in [4.78, 5) is 20.1. The molecular weight excluding hydrogens is 438 g/mol. The maximum atomic E-state index is 6.21. The van der Waals surface area contributed by atoms with E-state index < -0.39 is 0 Å². The predicted octanol–water partition coefficient (Wildman–Crippen LogP) is 4.16. The van der Waals surface area contributed by atoms with E-state index in [1.165, 1.54) is 11.8 Å². The Morgan fingerprint density at radius 2 is 1.87 bits per heavy atom. The Hall–Kier alpha value is -2.49. The summed E-state index contributed by atoms with van der Waals surface area (Å²) < 4.78 is 0. The van der Waals surface area contributed by atoms with E-state index in [0.29, 0.717) is 27.8 Å². The minimum atomic E-state index is 0.431. The Kier molecular flexibility index (Phi) is 6.93. The normalized spacial score (nSPS) is 13.3. The number of hydrogen-bond donors (Lipinski definition) is 2. The van der Waals surface area contributed by atoms with Gasteiger partial charge in [-0.25, -0.2) is 15.0 Å². The summed E-state index contributed by atoms with van der Waals surface area (Å²) in [6.07, 6.45) is 5.75. The molecule has 10 heteroatoms. The highest BCUT2D eigenvalue weighted by Gasteiger charge is 2.17. The number of halogens is 1. The molecule has 1 aromatic carbocycles. The highest BCUT2D eigenvalue weighted by molar-refractivity contribution is 7.99. The number of thiocarbonyl (C=S) groups is 1. The summed E-state index contributed by atoms with van der Waals surface area (Å²) in [6.45, 7) is 2.48. The SMILES string of the molecule is S=C(NCc1ccccc1Cl)Nc1nc(Sc2ncccn2)cc(N2CCCC2)n1. The molecule has 2 aromatic heterocycles. The zero-order chi connectivity index (χ0) is 20.8. The fourth-order valence-corrected chi connectivity index (χ4v) is 4.10. The number of nitrogens with zero attached hydrogens (tertiary/aromatic N) is 5. The van der Waals surface area contributed by atoms with Crippen molar-refractivity contribution in [2.75, 3.05) is 23.3 Å². The first-order valence-electron chi connectivity index (χ1n) is 9.54. The Morgan fingerprint density at radius 1 is 1.10 bits per heavy atom. The van der Waals surface area contributed by atoms with E-state index in [0.717, 1.165) is 42.3 Å². The van der Waals surface area contributed by atoms with Crippen molar-refractivity contribution in [1.29, 1.82) is 0 Å². The van der Waals surface area contributed by atoms with Crippen molar-refractivity contribution in [3.8, 4) is 0 Å². The van der Waals surface area contributed by atoms with Crippen LogP contribution >= 0.6 is 35.6 Å². The monoisotopic (exact) mass is 457 g/mol. The second-order valence-electron chi connectivity index (χ2n) is 6.61. The van der Waals surface area contributed by atoms with E-state index in [-0.39, 0.29) is 0 Å². The van der Waals surface area contributed by atoms with Crippen molar-refractivity contribution in [2.45, 2.75) is 29.6 Å². The molecule has 1 saturated heterocycles. The Balaban J connectivity index is 1.49. The standard InChI is InChI=1S/C20H20ClN7S2/c21-15-7-2-1-6-14(15)13-24-19(29)27-18-25-16(28-10-3-4-11-28)12-17(26-18)30-20-22-8-5-9-23-20/h1-2,5-9,12H,3-4,10-11,13H2,(H2,24,25,26,27,29). The highest BCUT2D eigenvalue weighted by Crippen LogP contribution is 2.28. The number of aromatic nitrogens is 4. The van der Waals surface area contributed by atoms with Crippen LogP contribution in [0.15, 0.2) is 59.0 Å². The minimum Gasteiger partial charge on any atom is -0.358 e. The van der Waals surface area contributed by atoms with Gasteiger partial charge in [-0.05, 0) is 54.5 Å². The average Bonchev–Trinajstić information content (AvgIpc) is 3.29. The third-order valence-electron chi connectivity index (χ3n) is 4.48. The van der Waals surface area contributed by atoms with Gasteiger partial charge >= 0.3 is 0 Å². The molecule has 1 fully saturated rings. The van der Waals surface area contributed by atoms with Crippen LogP contribution in [-0.4, -0.2) is 38.1 Å². The van der Waals surface area contributed by atoms with Gasteiger partial charge in [0.05, 0.1) is 0 Å². The number of anilines is 2. The maximum absolute atomic E-state index is 6.21. The fourth-order valence-electron chi connectivity index (χ4n) is 3.02. The zero-order valence-corrected chi connectivity index (χ0v) is 18.5. The third-order valence-corrected chi connectivity index (χ3v) is 5.91. The van der Waals surface area contributed by atoms with Gasteiger partial charge in [0.25, 0.3) is 0 Å². The maximum Gasteiger partial charge on any atom is 0.232 e. The van der Waals surface area contributed by atoms with Crippen LogP contribution < -0.4 is 15.5 Å². The number of hydrogen-bond acceptors (Lipinski definition) is 7. The van der Waals surface area contributed by atoms with E-state index in [4.69, 9.17) is 23.8 Å². The molecule has 0 unspecified atom stereocenters. The second-order valence-corrected chi connectivity index (χ2v) is 8.42. The van der Waals surface area contributed by atoms with Crippen molar-refractivity contribution in [3.05, 3.63) is 59.4 Å². The van der Waals surface area contributed by atoms with Crippen molar-refractivity contribution in [3.63, 3.8) is 0 Å². The topological polar surface area (TPSA) is 78.9 Å². The number of benzene rings is 1. The molecule has 0 spiro atoms. The van der Waals surface area contributed by atoms with Crippen molar-refractivity contribution in [2.24, 2.45) is 0 Å². The molecule has 0 saturated carbocycles. The molecule has 0 radical (unpaired) electrons. The van der Waals surface area contributed by atoms with Crippen LogP contribution in [-0.2, 0) is 6.54 Å². The van der Waals surface area contributed by atoms with E-state index >= 15 is 0 Å². The lowest BCUT2D eigenvalue weighted by Crippen LogP contribution is -2.29. The molecule has 1 aliphatic heterocycles. The number of rotatable bonds is 6. The van der Waals surface area contributed by atoms with E-state index in [1.54, 1.807) is 18.5 Å². The smallest absolute Gasteiger partial charge is 0.232 e. The first-order valence-corrected chi connectivity index (χ1v) is 11.1. The van der Waals surface area contributed by atoms with Crippen LogP contribution in [0.3, 0.4) is 0 Å². The third kappa shape index (κ3) is 5.56. The van der Waals surface area contributed by atoms with Crippen molar-refractivity contribution < 1.29 is 0 Å². The summed E-state index contributed by atoms with van der Waals surface area (Å²) in [5.74, 6) is 1.31. The van der Waals surface area contributed by atoms with Crippen LogP contribution in [0, 0.1) is 0 Å². The fraction of sp³-hybridized carbons (Fsp3) is 0.250. The van der Waals surface area contributed by atoms with Crippen LogP contribution in [0.25, 0.3) is 0 Å². The molecular formula is C20H20ClN7S2. The Labute approximate surface area is 189 Å². The van der Waals surface area contributed by atoms with E-state index in [9.17, 15) is 0 Å². The van der Waals surface area contributed by atoms with Gasteiger partial charge in [-0.1, -0.05) is 29.8 Å². The molecule has 1 aliphatic rings. The molecule has 0 amide bonds. The van der Waals surface area contributed by atoms with Gasteiger partial charge in [0, 0.05) is 43.1 Å². The lowest BCUT2D eigenvalue weighted by molar-refractivity contribution is 0.900. The molecule has 3 aromatic rings. The quantitative estimate of drug-likeness (QED) is 0.322. The number of nitrogens with one attached hydrogen (secondary N) is 2. The van der Waals surface area contributed by atoms with Crippen LogP contribution in [0.2, 0.25) is 5.02 Å². The van der Waals surface area contributed by atoms with Gasteiger partial charge in [-0.15, -0.1) is 0 Å². The summed E-state index contributed by atoms with van der Waals surface area (Å²) in [6, 6.07) is 11.4. The van der Waals surface area contributed by atoms with Crippen LogP contribution in [0.1, 0.15) is 18.4 Å². The molecule has 30 heavy (non-hydrogen) atoms. The Morgan fingerprint density at radius 3 is 2.63 bits per heavy atom. The molecule has 0 aliphatic carbocycles. The average molecular weight is 458 g/mol. The molecule has 154 valence electrons. The van der Waals surface area contributed by atoms with Gasteiger partial charge in [-0.2, -0.15) is 4.98 Å². The Bertz CT molecular complexity index is 1010. The predicted molar refractivity (Wildman–Crippen MR) is 124 cm³/mol. The first kappa shape index (κ1) is 20.8. The largest absolute Gasteiger partial charge is 0.358 e. The lowest BCUT2D eigenvalue weighted by Gasteiger charge is -2.18. The van der Waals surface area contributed by atoms with Gasteiger partial charge in [0.2, 0.25) is 5.95 Å². The minimum absolute atomic E-state index is 0.431. The van der Waals surface area contributed by atoms with Gasteiger partial charge in [0.1, 0.15) is 10.8 Å². The van der Waals surface area contributed by atoms with Gasteiger partial charge in [-0.3, -0.25) is 0 Å². The lowest BCUT2D eigenvalue weighted by atomic mass is 10.2. The molecule has 2 N–H and O–H groups in total. The summed E-state index contributed by atoms with van der Waals surface area (Å²) in [7, 11) is 0. The summed E-state index contributed by atoms with van der Waals surface area (Å²) in [5.41, 5.74) is 0.965. The first-order chi connectivity index (χ1) is 14.7. The molecule has 0 bridgehead atoms.